The van der Waals surface area contributed by atoms with Gasteiger partial charge in [0.2, 0.25) is 0 Å². The first kappa shape index (κ1) is 16.4. The van der Waals surface area contributed by atoms with E-state index < -0.39 is 0 Å². The molecule has 0 bridgehead atoms. The molecule has 0 spiro atoms. The second kappa shape index (κ2) is 5.51. The second-order valence-electron chi connectivity index (χ2n) is 8.52. The van der Waals surface area contributed by atoms with Gasteiger partial charge in [-0.05, 0) is 41.0 Å². The highest BCUT2D eigenvalue weighted by Crippen LogP contribution is 2.46. The van der Waals surface area contributed by atoms with Gasteiger partial charge >= 0.3 is 0 Å². The van der Waals surface area contributed by atoms with E-state index in [0.29, 0.717) is 0 Å². The number of aromatic amines is 2. The molecule has 140 valence electrons. The van der Waals surface area contributed by atoms with Crippen LogP contribution in [-0.2, 0) is 5.41 Å². The lowest BCUT2D eigenvalue weighted by molar-refractivity contribution is 0.693. The first-order valence-electron chi connectivity index (χ1n) is 10.1. The minimum atomic E-state index is -0.202. The quantitative estimate of drug-likeness (QED) is 0.285. The molecule has 2 nitrogen and oxygen atoms in total. The zero-order valence-electron chi connectivity index (χ0n) is 16.6. The summed E-state index contributed by atoms with van der Waals surface area (Å²) in [7, 11) is 0. The molecular formula is C27H22N2. The van der Waals surface area contributed by atoms with Crippen LogP contribution in [0, 0.1) is 0 Å². The lowest BCUT2D eigenvalue weighted by atomic mass is 9.71. The maximum Gasteiger partial charge on any atom is 0.0471 e. The molecule has 0 unspecified atom stereocenters. The van der Waals surface area contributed by atoms with E-state index in [1.54, 1.807) is 0 Å². The molecule has 0 amide bonds. The van der Waals surface area contributed by atoms with Gasteiger partial charge in [-0.3, -0.25) is 0 Å². The molecule has 0 radical (unpaired) electrons. The van der Waals surface area contributed by atoms with E-state index in [1.807, 2.05) is 0 Å². The highest BCUT2D eigenvalue weighted by Gasteiger charge is 2.32. The number of aromatic nitrogens is 2. The predicted molar refractivity (Wildman–Crippen MR) is 125 cm³/mol. The van der Waals surface area contributed by atoms with Gasteiger partial charge in [-0.25, -0.2) is 0 Å². The topological polar surface area (TPSA) is 31.6 Å². The van der Waals surface area contributed by atoms with Crippen LogP contribution >= 0.6 is 0 Å². The summed E-state index contributed by atoms with van der Waals surface area (Å²) < 4.78 is 0. The Hall–Kier alpha value is -3.52. The maximum absolute atomic E-state index is 4.60. The lowest BCUT2D eigenvalue weighted by Gasteiger charge is -2.32. The van der Waals surface area contributed by atoms with Gasteiger partial charge in [0.25, 0.3) is 0 Å². The number of hydrogen-bond acceptors (Lipinski definition) is 0. The van der Waals surface area contributed by atoms with Crippen molar-refractivity contribution in [3.05, 3.63) is 89.6 Å². The minimum absolute atomic E-state index is 0.202. The summed E-state index contributed by atoms with van der Waals surface area (Å²) >= 11 is 0. The van der Waals surface area contributed by atoms with Crippen molar-refractivity contribution in [2.45, 2.75) is 19.3 Å². The van der Waals surface area contributed by atoms with E-state index in [1.165, 1.54) is 43.9 Å². The van der Waals surface area contributed by atoms with Crippen LogP contribution in [0.3, 0.4) is 0 Å². The van der Waals surface area contributed by atoms with E-state index in [2.05, 4.69) is 103 Å². The molecule has 1 aliphatic rings. The van der Waals surface area contributed by atoms with Crippen LogP contribution < -0.4 is 0 Å². The van der Waals surface area contributed by atoms with E-state index in [9.17, 15) is 0 Å². The van der Waals surface area contributed by atoms with E-state index >= 15 is 0 Å². The fourth-order valence-electron chi connectivity index (χ4n) is 4.94. The summed E-state index contributed by atoms with van der Waals surface area (Å²) in [6.07, 6.45) is 4.50. The number of H-pyrrole nitrogens is 2. The third kappa shape index (κ3) is 2.11. The number of para-hydroxylation sites is 2. The van der Waals surface area contributed by atoms with Gasteiger partial charge in [-0.15, -0.1) is 0 Å². The molecule has 1 aliphatic carbocycles. The van der Waals surface area contributed by atoms with Crippen LogP contribution in [0.25, 0.3) is 50.4 Å². The minimum Gasteiger partial charge on any atom is -0.355 e. The van der Waals surface area contributed by atoms with Crippen LogP contribution in [-0.4, -0.2) is 9.97 Å². The molecule has 2 N–H and O–H groups in total. The van der Waals surface area contributed by atoms with Crippen molar-refractivity contribution in [3.63, 3.8) is 0 Å². The van der Waals surface area contributed by atoms with E-state index in [4.69, 9.17) is 0 Å². The number of nitrogens with one attached hydrogen (secondary N) is 2. The molecule has 0 saturated heterocycles. The summed E-state index contributed by atoms with van der Waals surface area (Å²) in [6.45, 7) is 9.18. The first-order valence-corrected chi connectivity index (χ1v) is 10.1. The molecular weight excluding hydrogens is 352 g/mol. The smallest absolute Gasteiger partial charge is 0.0471 e. The largest absolute Gasteiger partial charge is 0.355 e. The fraction of sp³-hybridized carbons (Fsp3) is 0.111. The molecule has 0 fully saturated rings. The fourth-order valence-corrected chi connectivity index (χ4v) is 4.94. The first-order chi connectivity index (χ1) is 14.1. The average molecular weight is 374 g/mol. The van der Waals surface area contributed by atoms with E-state index in [0.717, 1.165) is 16.8 Å². The molecule has 2 aromatic heterocycles. The van der Waals surface area contributed by atoms with Crippen LogP contribution in [0.4, 0.5) is 0 Å². The average Bonchev–Trinajstić information content (AvgIpc) is 3.28. The Kier molecular flexibility index (Phi) is 3.12. The van der Waals surface area contributed by atoms with E-state index in [-0.39, 0.29) is 5.41 Å². The van der Waals surface area contributed by atoms with Crippen molar-refractivity contribution in [1.29, 1.82) is 0 Å². The second-order valence-corrected chi connectivity index (χ2v) is 8.52. The highest BCUT2D eigenvalue weighted by atomic mass is 14.7. The standard InChI is InChI=1S/C27H22N2/c1-16-25-18-8-4-6-10-21(18)28-23(25)14-12-17-20(27(16,2)3)13-15-24-26(17)19-9-5-7-11-22(19)29-24/h4-15,28-29H,1H2,2-3H3/b14-12-. The summed E-state index contributed by atoms with van der Waals surface area (Å²) in [5.74, 6) is 0. The Morgan fingerprint density at radius 3 is 2.21 bits per heavy atom. The normalized spacial score (nSPS) is 16.6. The molecule has 2 heteroatoms. The van der Waals surface area contributed by atoms with Gasteiger partial charge < -0.3 is 9.97 Å². The van der Waals surface area contributed by atoms with Crippen molar-refractivity contribution >= 4 is 50.4 Å². The Morgan fingerprint density at radius 1 is 0.724 bits per heavy atom. The van der Waals surface area contributed by atoms with Gasteiger partial charge in [-0.1, -0.05) is 69.0 Å². The molecule has 0 atom stereocenters. The molecule has 0 saturated carbocycles. The maximum atomic E-state index is 4.60. The number of benzene rings is 3. The van der Waals surface area contributed by atoms with Gasteiger partial charge in [-0.2, -0.15) is 0 Å². The molecule has 0 aliphatic heterocycles. The molecule has 6 rings (SSSR count). The summed E-state index contributed by atoms with van der Waals surface area (Å²) in [6, 6.07) is 21.5. The zero-order valence-corrected chi connectivity index (χ0v) is 16.6. The number of allylic oxidation sites excluding steroid dienone is 1. The molecule has 29 heavy (non-hydrogen) atoms. The molecule has 3 aromatic carbocycles. The zero-order chi connectivity index (χ0) is 19.8. The van der Waals surface area contributed by atoms with Crippen LogP contribution in [0.1, 0.15) is 36.2 Å². The lowest BCUT2D eigenvalue weighted by Crippen LogP contribution is -2.21. The predicted octanol–water partition coefficient (Wildman–Crippen LogP) is 7.28. The number of hydrogen-bond donors (Lipinski definition) is 2. The summed E-state index contributed by atoms with van der Waals surface area (Å²) in [5, 5.41) is 3.79. The Balaban J connectivity index is 1.75. The SMILES string of the molecule is C=C1c2c([nH]c3ccccc23)/C=C\c2c(ccc3[nH]c4ccccc4c23)C1(C)C. The number of rotatable bonds is 0. The third-order valence-electron chi connectivity index (χ3n) is 6.59. The third-order valence-corrected chi connectivity index (χ3v) is 6.59. The van der Waals surface area contributed by atoms with Gasteiger partial charge in [0.1, 0.15) is 0 Å². The van der Waals surface area contributed by atoms with Gasteiger partial charge in [0, 0.05) is 49.4 Å². The highest BCUT2D eigenvalue weighted by molar-refractivity contribution is 6.13. The van der Waals surface area contributed by atoms with Crippen molar-refractivity contribution in [3.8, 4) is 0 Å². The van der Waals surface area contributed by atoms with Crippen LogP contribution in [0.5, 0.6) is 0 Å². The molecule has 2 heterocycles. The Labute approximate surface area is 169 Å². The molecule has 5 aromatic rings. The van der Waals surface area contributed by atoms with Crippen LogP contribution in [0.2, 0.25) is 0 Å². The summed E-state index contributed by atoms with van der Waals surface area (Å²) in [4.78, 5) is 7.19. The van der Waals surface area contributed by atoms with Crippen LogP contribution in [0.15, 0.2) is 67.2 Å². The van der Waals surface area contributed by atoms with Crippen molar-refractivity contribution in [2.75, 3.05) is 0 Å². The monoisotopic (exact) mass is 374 g/mol. The Bertz CT molecular complexity index is 1490. The number of fused-ring (bicyclic) bond motifs is 8. The Morgan fingerprint density at radius 2 is 1.41 bits per heavy atom. The van der Waals surface area contributed by atoms with Crippen molar-refractivity contribution < 1.29 is 0 Å². The van der Waals surface area contributed by atoms with Crippen molar-refractivity contribution in [2.24, 2.45) is 0 Å². The van der Waals surface area contributed by atoms with Crippen molar-refractivity contribution in [1.82, 2.24) is 9.97 Å². The van der Waals surface area contributed by atoms with Gasteiger partial charge in [0.15, 0.2) is 0 Å². The summed E-state index contributed by atoms with van der Waals surface area (Å²) in [5.41, 5.74) is 9.40. The van der Waals surface area contributed by atoms with Gasteiger partial charge in [0.05, 0.1) is 0 Å².